The third-order valence-electron chi connectivity index (χ3n) is 2.82. The van der Waals surface area contributed by atoms with E-state index in [-0.39, 0.29) is 0 Å². The summed E-state index contributed by atoms with van der Waals surface area (Å²) < 4.78 is 2.12. The summed E-state index contributed by atoms with van der Waals surface area (Å²) in [5.74, 6) is 0. The van der Waals surface area contributed by atoms with Crippen LogP contribution in [0.4, 0.5) is 0 Å². The van der Waals surface area contributed by atoms with E-state index >= 15 is 0 Å². The quantitative estimate of drug-likeness (QED) is 0.652. The van der Waals surface area contributed by atoms with Crippen LogP contribution in [-0.2, 0) is 13.1 Å². The molecule has 2 aromatic rings. The average Bonchev–Trinajstić information content (AvgIpc) is 2.36. The summed E-state index contributed by atoms with van der Waals surface area (Å²) in [5.41, 5.74) is 2.43. The molecule has 1 nitrogen and oxygen atoms in total. The molecule has 0 unspecified atom stereocenters. The first-order valence-corrected chi connectivity index (χ1v) is 7.88. The van der Waals surface area contributed by atoms with Crippen molar-refractivity contribution >= 4 is 43.5 Å². The molecule has 19 heavy (non-hydrogen) atoms. The van der Waals surface area contributed by atoms with Gasteiger partial charge in [0.05, 0.1) is 0 Å². The van der Waals surface area contributed by atoms with Crippen molar-refractivity contribution in [1.29, 1.82) is 0 Å². The molecule has 2 rings (SSSR count). The van der Waals surface area contributed by atoms with Gasteiger partial charge in [0.2, 0.25) is 0 Å². The van der Waals surface area contributed by atoms with E-state index in [1.54, 1.807) is 0 Å². The highest BCUT2D eigenvalue weighted by Gasteiger charge is 2.06. The van der Waals surface area contributed by atoms with Gasteiger partial charge in [-0.1, -0.05) is 61.7 Å². The molecule has 0 spiro atoms. The highest BCUT2D eigenvalue weighted by molar-refractivity contribution is 9.10. The van der Waals surface area contributed by atoms with Gasteiger partial charge in [0.1, 0.15) is 0 Å². The van der Waals surface area contributed by atoms with Gasteiger partial charge < -0.3 is 0 Å². The zero-order valence-electron chi connectivity index (χ0n) is 10.5. The summed E-state index contributed by atoms with van der Waals surface area (Å²) in [6, 6.07) is 14.4. The molecule has 0 aliphatic carbocycles. The second-order valence-electron chi connectivity index (χ2n) is 4.53. The molecule has 0 heterocycles. The van der Waals surface area contributed by atoms with E-state index in [1.165, 1.54) is 5.56 Å². The van der Waals surface area contributed by atoms with Crippen LogP contribution in [0.3, 0.4) is 0 Å². The van der Waals surface area contributed by atoms with Crippen LogP contribution < -0.4 is 0 Å². The molecule has 0 N–H and O–H groups in total. The van der Waals surface area contributed by atoms with E-state index in [9.17, 15) is 0 Å². The summed E-state index contributed by atoms with van der Waals surface area (Å²) in [5, 5.41) is 0.803. The van der Waals surface area contributed by atoms with Crippen molar-refractivity contribution in [2.45, 2.75) is 13.1 Å². The third-order valence-corrected chi connectivity index (χ3v) is 4.19. The summed E-state index contributed by atoms with van der Waals surface area (Å²) in [4.78, 5) is 2.25. The minimum Gasteiger partial charge on any atom is -0.298 e. The van der Waals surface area contributed by atoms with E-state index < -0.39 is 0 Å². The van der Waals surface area contributed by atoms with Crippen molar-refractivity contribution in [1.82, 2.24) is 4.90 Å². The monoisotopic (exact) mass is 401 g/mol. The molecule has 0 bridgehead atoms. The number of hydrogen-bond acceptors (Lipinski definition) is 1. The van der Waals surface area contributed by atoms with E-state index in [2.05, 4.69) is 74.1 Å². The molecule has 0 radical (unpaired) electrons. The Kier molecular flexibility index (Phi) is 5.46. The van der Waals surface area contributed by atoms with E-state index in [0.29, 0.717) is 0 Å². The standard InChI is InChI=1S/C15H14Br2ClN/c1-19(9-11-2-5-13(16)6-3-11)10-12-4-7-14(17)8-15(12)18/h2-8H,9-10H2,1H3. The summed E-state index contributed by atoms with van der Waals surface area (Å²) >= 11 is 13.1. The Bertz CT molecular complexity index is 555. The largest absolute Gasteiger partial charge is 0.298 e. The minimum atomic E-state index is 0.803. The second kappa shape index (κ2) is 6.89. The lowest BCUT2D eigenvalue weighted by Crippen LogP contribution is -2.17. The fourth-order valence-corrected chi connectivity index (χ4v) is 2.90. The first kappa shape index (κ1) is 15.0. The van der Waals surface area contributed by atoms with Crippen molar-refractivity contribution in [2.24, 2.45) is 0 Å². The molecule has 0 fully saturated rings. The lowest BCUT2D eigenvalue weighted by Gasteiger charge is -2.17. The molecular formula is C15H14Br2ClN. The molecule has 0 aliphatic rings. The number of rotatable bonds is 4. The predicted molar refractivity (Wildman–Crippen MR) is 88.5 cm³/mol. The van der Waals surface area contributed by atoms with Crippen LogP contribution in [0, 0.1) is 0 Å². The van der Waals surface area contributed by atoms with E-state index in [1.807, 2.05) is 12.1 Å². The Morgan fingerprint density at radius 3 is 2.21 bits per heavy atom. The third kappa shape index (κ3) is 4.60. The Labute approximate surface area is 135 Å². The second-order valence-corrected chi connectivity index (χ2v) is 6.77. The molecule has 100 valence electrons. The van der Waals surface area contributed by atoms with Gasteiger partial charge in [0, 0.05) is 27.1 Å². The Morgan fingerprint density at radius 1 is 0.947 bits per heavy atom. The molecule has 0 atom stereocenters. The van der Waals surface area contributed by atoms with Crippen LogP contribution >= 0.6 is 43.5 Å². The lowest BCUT2D eigenvalue weighted by molar-refractivity contribution is 0.319. The van der Waals surface area contributed by atoms with Crippen molar-refractivity contribution in [3.63, 3.8) is 0 Å². The molecule has 0 amide bonds. The average molecular weight is 404 g/mol. The maximum Gasteiger partial charge on any atom is 0.0462 e. The summed E-state index contributed by atoms with van der Waals surface area (Å²) in [7, 11) is 2.10. The maximum atomic E-state index is 6.23. The Morgan fingerprint density at radius 2 is 1.58 bits per heavy atom. The fourth-order valence-electron chi connectivity index (χ4n) is 1.90. The normalized spacial score (nSPS) is 11.0. The van der Waals surface area contributed by atoms with Crippen LogP contribution in [-0.4, -0.2) is 11.9 Å². The molecular weight excluding hydrogens is 389 g/mol. The number of halogens is 3. The van der Waals surface area contributed by atoms with Gasteiger partial charge >= 0.3 is 0 Å². The van der Waals surface area contributed by atoms with Gasteiger partial charge in [0.25, 0.3) is 0 Å². The summed E-state index contributed by atoms with van der Waals surface area (Å²) in [6.45, 7) is 1.74. The molecule has 4 heteroatoms. The van der Waals surface area contributed by atoms with Crippen molar-refractivity contribution in [3.05, 3.63) is 67.6 Å². The minimum absolute atomic E-state index is 0.803. The summed E-state index contributed by atoms with van der Waals surface area (Å²) in [6.07, 6.45) is 0. The van der Waals surface area contributed by atoms with Gasteiger partial charge in [-0.3, -0.25) is 4.90 Å². The Hall–Kier alpha value is -0.350. The molecule has 0 saturated carbocycles. The SMILES string of the molecule is CN(Cc1ccc(Br)cc1)Cc1ccc(Br)cc1Cl. The van der Waals surface area contributed by atoms with Gasteiger partial charge in [-0.15, -0.1) is 0 Å². The number of hydrogen-bond donors (Lipinski definition) is 0. The smallest absolute Gasteiger partial charge is 0.0462 e. The first-order valence-electron chi connectivity index (χ1n) is 5.91. The van der Waals surface area contributed by atoms with Gasteiger partial charge in [-0.25, -0.2) is 0 Å². The van der Waals surface area contributed by atoms with Crippen molar-refractivity contribution in [2.75, 3.05) is 7.05 Å². The van der Waals surface area contributed by atoms with Crippen LogP contribution in [0.5, 0.6) is 0 Å². The van der Waals surface area contributed by atoms with Crippen LogP contribution in [0.15, 0.2) is 51.4 Å². The van der Waals surface area contributed by atoms with Crippen LogP contribution in [0.2, 0.25) is 5.02 Å². The number of nitrogens with zero attached hydrogens (tertiary/aromatic N) is 1. The maximum absolute atomic E-state index is 6.23. The van der Waals surface area contributed by atoms with E-state index in [4.69, 9.17) is 11.6 Å². The fraction of sp³-hybridized carbons (Fsp3) is 0.200. The van der Waals surface area contributed by atoms with Gasteiger partial charge in [-0.2, -0.15) is 0 Å². The van der Waals surface area contributed by atoms with Gasteiger partial charge in [0.15, 0.2) is 0 Å². The topological polar surface area (TPSA) is 3.24 Å². The highest BCUT2D eigenvalue weighted by atomic mass is 79.9. The molecule has 0 saturated heterocycles. The van der Waals surface area contributed by atoms with E-state index in [0.717, 1.165) is 32.6 Å². The van der Waals surface area contributed by atoms with Crippen LogP contribution in [0.25, 0.3) is 0 Å². The molecule has 0 aromatic heterocycles. The Balaban J connectivity index is 2.01. The molecule has 2 aromatic carbocycles. The zero-order valence-corrected chi connectivity index (χ0v) is 14.5. The zero-order chi connectivity index (χ0) is 13.8. The predicted octanol–water partition coefficient (Wildman–Crippen LogP) is 5.50. The van der Waals surface area contributed by atoms with Crippen molar-refractivity contribution in [3.8, 4) is 0 Å². The lowest BCUT2D eigenvalue weighted by atomic mass is 10.2. The number of benzene rings is 2. The molecule has 0 aliphatic heterocycles. The van der Waals surface area contributed by atoms with Crippen molar-refractivity contribution < 1.29 is 0 Å². The van der Waals surface area contributed by atoms with Gasteiger partial charge in [-0.05, 0) is 42.4 Å². The highest BCUT2D eigenvalue weighted by Crippen LogP contribution is 2.23. The van der Waals surface area contributed by atoms with Crippen LogP contribution in [0.1, 0.15) is 11.1 Å². The first-order chi connectivity index (χ1) is 9.04.